The van der Waals surface area contributed by atoms with Crippen LogP contribution >= 0.6 is 11.6 Å². The lowest BCUT2D eigenvalue weighted by molar-refractivity contribution is -0.127. The summed E-state index contributed by atoms with van der Waals surface area (Å²) in [6.07, 6.45) is 2.53. The molecular weight excluding hydrogens is 342 g/mol. The molecule has 0 radical (unpaired) electrons. The highest BCUT2D eigenvalue weighted by Crippen LogP contribution is 2.30. The molecular formula is C18H26ClN3O3. The molecule has 1 aliphatic rings. The lowest BCUT2D eigenvalue weighted by Gasteiger charge is -2.38. The summed E-state index contributed by atoms with van der Waals surface area (Å²) in [5.74, 6) is -0.108. The molecule has 25 heavy (non-hydrogen) atoms. The number of amides is 2. The van der Waals surface area contributed by atoms with Crippen LogP contribution in [0.25, 0.3) is 0 Å². The van der Waals surface area contributed by atoms with Gasteiger partial charge in [0.15, 0.2) is 0 Å². The Morgan fingerprint density at radius 3 is 2.32 bits per heavy atom. The van der Waals surface area contributed by atoms with E-state index in [-0.39, 0.29) is 18.0 Å². The molecule has 1 aromatic rings. The van der Waals surface area contributed by atoms with E-state index < -0.39 is 17.1 Å². The Hall–Kier alpha value is -1.82. The zero-order valence-corrected chi connectivity index (χ0v) is 16.1. The Bertz CT molecular complexity index is 649. The fraction of sp³-hybridized carbons (Fsp3) is 0.611. The predicted molar refractivity (Wildman–Crippen MR) is 96.6 cm³/mol. The van der Waals surface area contributed by atoms with Gasteiger partial charge in [-0.05, 0) is 53.5 Å². The number of halogens is 1. The second-order valence-corrected chi connectivity index (χ2v) is 8.31. The second kappa shape index (κ2) is 7.20. The minimum atomic E-state index is -0.783. The molecule has 0 atom stereocenters. The third-order valence-corrected chi connectivity index (χ3v) is 4.50. The molecule has 2 amide bonds. The Balaban J connectivity index is 1.84. The first kappa shape index (κ1) is 19.5. The monoisotopic (exact) mass is 367 g/mol. The molecule has 2 N–H and O–H groups in total. The van der Waals surface area contributed by atoms with Gasteiger partial charge in [-0.2, -0.15) is 0 Å². The van der Waals surface area contributed by atoms with Crippen LogP contribution in [0, 0.1) is 0 Å². The number of carbonyl (C=O) groups excluding carboxylic acids is 2. The first-order chi connectivity index (χ1) is 11.5. The molecule has 1 fully saturated rings. The van der Waals surface area contributed by atoms with Gasteiger partial charge < -0.3 is 15.4 Å². The van der Waals surface area contributed by atoms with Crippen LogP contribution in [-0.4, -0.2) is 34.7 Å². The van der Waals surface area contributed by atoms with E-state index in [0.29, 0.717) is 23.6 Å². The zero-order valence-electron chi connectivity index (χ0n) is 15.4. The maximum atomic E-state index is 12.6. The van der Waals surface area contributed by atoms with E-state index in [1.807, 2.05) is 40.7 Å². The van der Waals surface area contributed by atoms with E-state index in [1.54, 1.807) is 12.3 Å². The molecule has 0 aromatic carbocycles. The van der Waals surface area contributed by atoms with Crippen molar-refractivity contribution in [2.75, 3.05) is 0 Å². The minimum absolute atomic E-state index is 0.0187. The van der Waals surface area contributed by atoms with Crippen LogP contribution in [-0.2, 0) is 14.9 Å². The highest BCUT2D eigenvalue weighted by Gasteiger charge is 2.38. The summed E-state index contributed by atoms with van der Waals surface area (Å²) < 4.78 is 5.23. The average Bonchev–Trinajstić information content (AvgIpc) is 2.43. The van der Waals surface area contributed by atoms with Gasteiger partial charge in [0.05, 0.1) is 5.41 Å². The minimum Gasteiger partial charge on any atom is -0.444 e. The number of ether oxygens (including phenoxy) is 1. The van der Waals surface area contributed by atoms with E-state index in [2.05, 4.69) is 15.6 Å². The molecule has 0 spiro atoms. The lowest BCUT2D eigenvalue weighted by Crippen LogP contribution is -2.56. The van der Waals surface area contributed by atoms with Crippen molar-refractivity contribution in [1.29, 1.82) is 0 Å². The number of pyridine rings is 1. The van der Waals surface area contributed by atoms with Crippen molar-refractivity contribution in [2.24, 2.45) is 0 Å². The molecule has 6 nitrogen and oxygen atoms in total. The van der Waals surface area contributed by atoms with Gasteiger partial charge in [-0.15, -0.1) is 0 Å². The number of aromatic nitrogens is 1. The summed E-state index contributed by atoms with van der Waals surface area (Å²) in [5.41, 5.74) is -0.611. The van der Waals surface area contributed by atoms with Crippen molar-refractivity contribution >= 4 is 23.6 Å². The van der Waals surface area contributed by atoms with Crippen molar-refractivity contribution in [3.63, 3.8) is 0 Å². The molecule has 1 heterocycles. The fourth-order valence-corrected chi connectivity index (χ4v) is 3.02. The van der Waals surface area contributed by atoms with Crippen LogP contribution < -0.4 is 10.6 Å². The number of alkyl carbamates (subject to hydrolysis) is 1. The predicted octanol–water partition coefficient (Wildman–Crippen LogP) is 3.18. The molecule has 2 rings (SSSR count). The largest absolute Gasteiger partial charge is 0.444 e. The molecule has 0 unspecified atom stereocenters. The van der Waals surface area contributed by atoms with Gasteiger partial charge in [-0.3, -0.25) is 4.79 Å². The standard InChI is InChI=1S/C18H26ClN3O3/c1-17(2,3)25-16(24)22-12-9-11(10-12)21-15(23)18(4,5)13-7-6-8-20-14(13)19/h6-8,11-12H,9-10H2,1-5H3,(H,21,23)(H,22,24). The van der Waals surface area contributed by atoms with Crippen molar-refractivity contribution in [3.05, 3.63) is 29.0 Å². The highest BCUT2D eigenvalue weighted by molar-refractivity contribution is 6.30. The molecule has 1 saturated carbocycles. The smallest absolute Gasteiger partial charge is 0.407 e. The third-order valence-electron chi connectivity index (χ3n) is 4.19. The molecule has 0 bridgehead atoms. The van der Waals surface area contributed by atoms with Gasteiger partial charge in [0.25, 0.3) is 0 Å². The topological polar surface area (TPSA) is 80.3 Å². The van der Waals surface area contributed by atoms with Gasteiger partial charge in [-0.1, -0.05) is 17.7 Å². The number of hydrogen-bond acceptors (Lipinski definition) is 4. The lowest BCUT2D eigenvalue weighted by atomic mass is 9.82. The highest BCUT2D eigenvalue weighted by atomic mass is 35.5. The molecule has 0 aliphatic heterocycles. The average molecular weight is 368 g/mol. The zero-order chi connectivity index (χ0) is 18.8. The van der Waals surface area contributed by atoms with E-state index in [9.17, 15) is 9.59 Å². The van der Waals surface area contributed by atoms with Crippen LogP contribution in [0.15, 0.2) is 18.3 Å². The van der Waals surface area contributed by atoms with E-state index >= 15 is 0 Å². The van der Waals surface area contributed by atoms with Crippen LogP contribution in [0.4, 0.5) is 4.79 Å². The normalized spacial score (nSPS) is 20.4. The summed E-state index contributed by atoms with van der Waals surface area (Å²) in [7, 11) is 0. The third kappa shape index (κ3) is 5.08. The van der Waals surface area contributed by atoms with Gasteiger partial charge in [-0.25, -0.2) is 9.78 Å². The number of rotatable bonds is 4. The summed E-state index contributed by atoms with van der Waals surface area (Å²) in [6, 6.07) is 3.62. The summed E-state index contributed by atoms with van der Waals surface area (Å²) in [6.45, 7) is 9.10. The Morgan fingerprint density at radius 2 is 1.76 bits per heavy atom. The number of nitrogens with one attached hydrogen (secondary N) is 2. The second-order valence-electron chi connectivity index (χ2n) is 7.95. The van der Waals surface area contributed by atoms with Crippen LogP contribution in [0.1, 0.15) is 53.0 Å². The van der Waals surface area contributed by atoms with E-state index in [0.717, 1.165) is 0 Å². The van der Waals surface area contributed by atoms with Crippen LogP contribution in [0.5, 0.6) is 0 Å². The van der Waals surface area contributed by atoms with E-state index in [4.69, 9.17) is 16.3 Å². The Morgan fingerprint density at radius 1 is 1.16 bits per heavy atom. The SMILES string of the molecule is CC(C)(C)OC(=O)NC1CC(NC(=O)C(C)(C)c2cccnc2Cl)C1. The van der Waals surface area contributed by atoms with Crippen molar-refractivity contribution < 1.29 is 14.3 Å². The maximum Gasteiger partial charge on any atom is 0.407 e. The first-order valence-electron chi connectivity index (χ1n) is 8.40. The summed E-state index contributed by atoms with van der Waals surface area (Å²) in [4.78, 5) is 28.4. The van der Waals surface area contributed by atoms with Crippen LogP contribution in [0.3, 0.4) is 0 Å². The van der Waals surface area contributed by atoms with E-state index in [1.165, 1.54) is 0 Å². The summed E-state index contributed by atoms with van der Waals surface area (Å²) in [5, 5.41) is 6.16. The quantitative estimate of drug-likeness (QED) is 0.801. The number of carbonyl (C=O) groups is 2. The van der Waals surface area contributed by atoms with Crippen molar-refractivity contribution in [3.8, 4) is 0 Å². The van der Waals surface area contributed by atoms with Gasteiger partial charge in [0, 0.05) is 23.8 Å². The molecule has 1 aromatic heterocycles. The van der Waals surface area contributed by atoms with Crippen molar-refractivity contribution in [1.82, 2.24) is 15.6 Å². The number of hydrogen-bond donors (Lipinski definition) is 2. The van der Waals surface area contributed by atoms with Crippen LogP contribution in [0.2, 0.25) is 5.15 Å². The first-order valence-corrected chi connectivity index (χ1v) is 8.78. The van der Waals surface area contributed by atoms with Crippen molar-refractivity contribution in [2.45, 2.75) is 70.6 Å². The van der Waals surface area contributed by atoms with Gasteiger partial charge in [0.2, 0.25) is 5.91 Å². The number of nitrogens with zero attached hydrogens (tertiary/aromatic N) is 1. The molecule has 138 valence electrons. The van der Waals surface area contributed by atoms with Gasteiger partial charge >= 0.3 is 6.09 Å². The van der Waals surface area contributed by atoms with Gasteiger partial charge in [0.1, 0.15) is 10.8 Å². The Labute approximate surface area is 153 Å². The summed E-state index contributed by atoms with van der Waals surface area (Å²) >= 11 is 6.12. The molecule has 0 saturated heterocycles. The molecule has 1 aliphatic carbocycles. The maximum absolute atomic E-state index is 12.6. The fourth-order valence-electron chi connectivity index (χ4n) is 2.67. The Kier molecular flexibility index (Phi) is 5.62. The molecule has 7 heteroatoms.